The van der Waals surface area contributed by atoms with E-state index in [9.17, 15) is 9.59 Å². The molecule has 0 spiro atoms. The van der Waals surface area contributed by atoms with Gasteiger partial charge in [-0.15, -0.1) is 0 Å². The highest BCUT2D eigenvalue weighted by atomic mass is 16.6. The molecule has 3 heteroatoms. The maximum Gasteiger partial charge on any atom is 0.306 e. The summed E-state index contributed by atoms with van der Waals surface area (Å²) >= 11 is 0. The lowest BCUT2D eigenvalue weighted by Crippen LogP contribution is -2.55. The van der Waals surface area contributed by atoms with Gasteiger partial charge in [-0.1, -0.05) is 30.3 Å². The van der Waals surface area contributed by atoms with Gasteiger partial charge in [0.15, 0.2) is 0 Å². The minimum Gasteiger partial charge on any atom is -0.461 e. The average Bonchev–Trinajstić information content (AvgIpc) is 2.83. The highest BCUT2D eigenvalue weighted by Crippen LogP contribution is 2.57. The van der Waals surface area contributed by atoms with E-state index in [2.05, 4.69) is 12.1 Å². The van der Waals surface area contributed by atoms with Crippen LogP contribution in [-0.4, -0.2) is 17.9 Å². The first kappa shape index (κ1) is 12.1. The lowest BCUT2D eigenvalue weighted by Gasteiger charge is -2.51. The van der Waals surface area contributed by atoms with Crippen LogP contribution in [0, 0.1) is 17.3 Å². The molecule has 5 rings (SSSR count). The molecule has 20 heavy (non-hydrogen) atoms. The van der Waals surface area contributed by atoms with Crippen molar-refractivity contribution in [3.8, 4) is 0 Å². The van der Waals surface area contributed by atoms with Crippen molar-refractivity contribution in [2.75, 3.05) is 0 Å². The fourth-order valence-electron chi connectivity index (χ4n) is 4.63. The highest BCUT2D eigenvalue weighted by molar-refractivity contribution is 5.86. The van der Waals surface area contributed by atoms with Gasteiger partial charge in [0, 0.05) is 23.7 Å². The number of carbonyl (C=O) groups excluding carboxylic acids is 2. The number of hydrogen-bond acceptors (Lipinski definition) is 3. The normalized spacial score (nSPS) is 38.7. The molecule has 1 saturated heterocycles. The zero-order chi connectivity index (χ0) is 13.7. The number of ether oxygens (including phenoxy) is 1. The molecule has 1 heterocycles. The van der Waals surface area contributed by atoms with Gasteiger partial charge in [0.25, 0.3) is 0 Å². The summed E-state index contributed by atoms with van der Waals surface area (Å²) in [6.45, 7) is 0. The summed E-state index contributed by atoms with van der Waals surface area (Å²) in [4.78, 5) is 24.0. The van der Waals surface area contributed by atoms with E-state index in [1.807, 2.05) is 18.2 Å². The fourth-order valence-corrected chi connectivity index (χ4v) is 4.63. The molecule has 1 aromatic carbocycles. The predicted molar refractivity (Wildman–Crippen MR) is 72.9 cm³/mol. The molecular formula is C17H18O3. The first-order valence-corrected chi connectivity index (χ1v) is 7.44. The van der Waals surface area contributed by atoms with Gasteiger partial charge in [-0.05, 0) is 24.8 Å². The van der Waals surface area contributed by atoms with E-state index in [4.69, 9.17) is 4.74 Å². The van der Waals surface area contributed by atoms with E-state index in [0.717, 1.165) is 19.3 Å². The van der Waals surface area contributed by atoms with Crippen molar-refractivity contribution in [2.45, 2.75) is 38.2 Å². The summed E-state index contributed by atoms with van der Waals surface area (Å²) in [5, 5.41) is 0. The molecule has 2 unspecified atom stereocenters. The van der Waals surface area contributed by atoms with Crippen molar-refractivity contribution in [1.82, 2.24) is 0 Å². The Morgan fingerprint density at radius 3 is 2.75 bits per heavy atom. The Morgan fingerprint density at radius 2 is 2.00 bits per heavy atom. The Kier molecular flexibility index (Phi) is 2.53. The molecule has 0 radical (unpaired) electrons. The topological polar surface area (TPSA) is 43.4 Å². The molecule has 0 amide bonds. The molecule has 3 nitrogen and oxygen atoms in total. The third-order valence-electron chi connectivity index (χ3n) is 5.46. The summed E-state index contributed by atoms with van der Waals surface area (Å²) in [5.74, 6) is 0.455. The quantitative estimate of drug-likeness (QED) is 0.776. The van der Waals surface area contributed by atoms with Crippen LogP contribution >= 0.6 is 0 Å². The molecule has 2 bridgehead atoms. The number of Topliss-reactive ketones (excluding diaryl/α,β-unsaturated/α-hetero) is 1. The molecule has 3 aliphatic carbocycles. The van der Waals surface area contributed by atoms with E-state index < -0.39 is 0 Å². The minimum atomic E-state index is -0.149. The number of benzene rings is 1. The largest absolute Gasteiger partial charge is 0.461 e. The Balaban J connectivity index is 1.71. The molecule has 104 valence electrons. The summed E-state index contributed by atoms with van der Waals surface area (Å²) in [6, 6.07) is 10.3. The zero-order valence-electron chi connectivity index (χ0n) is 11.4. The summed E-state index contributed by atoms with van der Waals surface area (Å²) in [7, 11) is 0. The average molecular weight is 270 g/mol. The van der Waals surface area contributed by atoms with Crippen LogP contribution < -0.4 is 0 Å². The molecule has 3 saturated carbocycles. The van der Waals surface area contributed by atoms with E-state index in [-0.39, 0.29) is 29.3 Å². The van der Waals surface area contributed by atoms with Gasteiger partial charge < -0.3 is 4.74 Å². The molecular weight excluding hydrogens is 252 g/mol. The lowest BCUT2D eigenvalue weighted by atomic mass is 9.52. The second-order valence-corrected chi connectivity index (χ2v) is 6.59. The lowest BCUT2D eigenvalue weighted by molar-refractivity contribution is -0.163. The number of ketones is 1. The SMILES string of the molecule is O=C1C[C@@H]2C3CCC(Cc4ccccc4)(CC3=O)[C@@H]2O1. The third-order valence-corrected chi connectivity index (χ3v) is 5.46. The van der Waals surface area contributed by atoms with Crippen LogP contribution in [0.5, 0.6) is 0 Å². The first-order valence-electron chi connectivity index (χ1n) is 7.44. The molecule has 1 aliphatic heterocycles. The van der Waals surface area contributed by atoms with Crippen molar-refractivity contribution >= 4 is 11.8 Å². The van der Waals surface area contributed by atoms with E-state index >= 15 is 0 Å². The number of esters is 1. The second kappa shape index (κ2) is 4.18. The molecule has 4 fully saturated rings. The van der Waals surface area contributed by atoms with Crippen molar-refractivity contribution in [3.63, 3.8) is 0 Å². The zero-order valence-corrected chi connectivity index (χ0v) is 11.4. The van der Waals surface area contributed by atoms with Crippen molar-refractivity contribution in [2.24, 2.45) is 17.3 Å². The molecule has 0 N–H and O–H groups in total. The Hall–Kier alpha value is -1.64. The Bertz CT molecular complexity index is 565. The Labute approximate surface area is 118 Å². The van der Waals surface area contributed by atoms with Crippen molar-refractivity contribution < 1.29 is 14.3 Å². The monoisotopic (exact) mass is 270 g/mol. The summed E-state index contributed by atoms with van der Waals surface area (Å²) < 4.78 is 5.63. The molecule has 4 aliphatic rings. The second-order valence-electron chi connectivity index (χ2n) is 6.59. The van der Waals surface area contributed by atoms with Gasteiger partial charge in [0.05, 0.1) is 6.42 Å². The van der Waals surface area contributed by atoms with Crippen LogP contribution in [0.4, 0.5) is 0 Å². The van der Waals surface area contributed by atoms with Crippen LogP contribution in [0.25, 0.3) is 0 Å². The van der Waals surface area contributed by atoms with Crippen molar-refractivity contribution in [3.05, 3.63) is 35.9 Å². The molecule has 0 aromatic heterocycles. The van der Waals surface area contributed by atoms with Gasteiger partial charge in [-0.3, -0.25) is 9.59 Å². The maximum atomic E-state index is 12.3. The van der Waals surface area contributed by atoms with Gasteiger partial charge in [-0.2, -0.15) is 0 Å². The summed E-state index contributed by atoms with van der Waals surface area (Å²) in [6.07, 6.45) is 3.78. The van der Waals surface area contributed by atoms with Crippen LogP contribution in [-0.2, 0) is 20.7 Å². The smallest absolute Gasteiger partial charge is 0.306 e. The van der Waals surface area contributed by atoms with E-state index in [1.54, 1.807) is 0 Å². The van der Waals surface area contributed by atoms with E-state index in [1.165, 1.54) is 5.56 Å². The van der Waals surface area contributed by atoms with Gasteiger partial charge >= 0.3 is 5.97 Å². The van der Waals surface area contributed by atoms with Crippen LogP contribution in [0.3, 0.4) is 0 Å². The predicted octanol–water partition coefficient (Wildman–Crippen LogP) is 2.53. The molecule has 1 aromatic rings. The van der Waals surface area contributed by atoms with Crippen LogP contribution in [0.2, 0.25) is 0 Å². The van der Waals surface area contributed by atoms with Crippen molar-refractivity contribution in [1.29, 1.82) is 0 Å². The molecule has 4 atom stereocenters. The number of hydrogen-bond donors (Lipinski definition) is 0. The number of carbonyl (C=O) groups is 2. The fraction of sp³-hybridized carbons (Fsp3) is 0.529. The Morgan fingerprint density at radius 1 is 1.20 bits per heavy atom. The highest BCUT2D eigenvalue weighted by Gasteiger charge is 2.61. The standard InChI is InChI=1S/C17H18O3/c18-14-10-17(9-11-4-2-1-3-5-11)7-6-12(14)13-8-15(19)20-16(13)17/h1-5,12-13,16H,6-10H2/t12?,13-,16-,17?/m1/s1. The van der Waals surface area contributed by atoms with Gasteiger partial charge in [0.2, 0.25) is 0 Å². The van der Waals surface area contributed by atoms with E-state index in [0.29, 0.717) is 18.6 Å². The number of fused-ring (bicyclic) bond motifs is 2. The van der Waals surface area contributed by atoms with Crippen LogP contribution in [0.15, 0.2) is 30.3 Å². The maximum absolute atomic E-state index is 12.3. The minimum absolute atomic E-state index is 0.0355. The first-order chi connectivity index (χ1) is 9.68. The van der Waals surface area contributed by atoms with Gasteiger partial charge in [0.1, 0.15) is 11.9 Å². The number of rotatable bonds is 2. The third kappa shape index (κ3) is 1.65. The van der Waals surface area contributed by atoms with Gasteiger partial charge in [-0.25, -0.2) is 0 Å². The van der Waals surface area contributed by atoms with Crippen LogP contribution in [0.1, 0.15) is 31.2 Å². The summed E-state index contributed by atoms with van der Waals surface area (Å²) in [5.41, 5.74) is 1.09.